The van der Waals surface area contributed by atoms with Gasteiger partial charge in [0.05, 0.1) is 27.3 Å². The van der Waals surface area contributed by atoms with Gasteiger partial charge in [-0.15, -0.1) is 11.3 Å². The molecule has 0 aliphatic carbocycles. The Kier molecular flexibility index (Phi) is 6.20. The Balaban J connectivity index is 1.86. The minimum atomic E-state index is -0.349. The van der Waals surface area contributed by atoms with Crippen LogP contribution < -0.4 is 20.1 Å². The van der Waals surface area contributed by atoms with Gasteiger partial charge in [0.15, 0.2) is 11.5 Å². The quantitative estimate of drug-likeness (QED) is 0.804. The molecule has 6 nitrogen and oxygen atoms in total. The first-order valence-corrected chi connectivity index (χ1v) is 8.23. The van der Waals surface area contributed by atoms with Crippen LogP contribution in [-0.2, 0) is 11.3 Å². The van der Waals surface area contributed by atoms with Gasteiger partial charge in [0, 0.05) is 10.4 Å². The SMILES string of the molecule is COc1ccc(C(=O)NCC(=O)NCc2sccc2C)cc1OC. The topological polar surface area (TPSA) is 76.7 Å². The van der Waals surface area contributed by atoms with Crippen molar-refractivity contribution in [3.63, 3.8) is 0 Å². The van der Waals surface area contributed by atoms with E-state index in [4.69, 9.17) is 9.47 Å². The first-order valence-electron chi connectivity index (χ1n) is 7.35. The Morgan fingerprint density at radius 3 is 2.46 bits per heavy atom. The van der Waals surface area contributed by atoms with E-state index >= 15 is 0 Å². The molecule has 0 atom stereocenters. The van der Waals surface area contributed by atoms with Crippen molar-refractivity contribution in [2.45, 2.75) is 13.5 Å². The van der Waals surface area contributed by atoms with Crippen molar-refractivity contribution < 1.29 is 19.1 Å². The summed E-state index contributed by atoms with van der Waals surface area (Å²) in [5.41, 5.74) is 1.55. The smallest absolute Gasteiger partial charge is 0.251 e. The number of nitrogens with one attached hydrogen (secondary N) is 2. The molecular formula is C17H20N2O4S. The van der Waals surface area contributed by atoms with Crippen molar-refractivity contribution >= 4 is 23.2 Å². The largest absolute Gasteiger partial charge is 0.493 e. The number of hydrogen-bond donors (Lipinski definition) is 2. The van der Waals surface area contributed by atoms with Crippen LogP contribution in [-0.4, -0.2) is 32.6 Å². The molecule has 128 valence electrons. The molecular weight excluding hydrogens is 328 g/mol. The van der Waals surface area contributed by atoms with Gasteiger partial charge >= 0.3 is 0 Å². The molecule has 0 saturated carbocycles. The standard InChI is InChI=1S/C17H20N2O4S/c1-11-6-7-24-15(11)9-18-16(20)10-19-17(21)12-4-5-13(22-2)14(8-12)23-3/h4-8H,9-10H2,1-3H3,(H,18,20)(H,19,21). The summed E-state index contributed by atoms with van der Waals surface area (Å²) in [5, 5.41) is 7.36. The summed E-state index contributed by atoms with van der Waals surface area (Å²) >= 11 is 1.59. The summed E-state index contributed by atoms with van der Waals surface area (Å²) in [6, 6.07) is 6.84. The molecule has 1 heterocycles. The number of aryl methyl sites for hydroxylation is 1. The Morgan fingerprint density at radius 1 is 1.08 bits per heavy atom. The average Bonchev–Trinajstić information content (AvgIpc) is 3.02. The minimum absolute atomic E-state index is 0.0857. The summed E-state index contributed by atoms with van der Waals surface area (Å²) in [6.45, 7) is 2.38. The normalized spacial score (nSPS) is 10.1. The van der Waals surface area contributed by atoms with Gasteiger partial charge in [0.1, 0.15) is 0 Å². The molecule has 24 heavy (non-hydrogen) atoms. The molecule has 7 heteroatoms. The van der Waals surface area contributed by atoms with Gasteiger partial charge < -0.3 is 20.1 Å². The second-order valence-electron chi connectivity index (χ2n) is 5.06. The van der Waals surface area contributed by atoms with Crippen LogP contribution in [0.15, 0.2) is 29.6 Å². The first kappa shape index (κ1) is 17.8. The van der Waals surface area contributed by atoms with Gasteiger partial charge in [-0.25, -0.2) is 0 Å². The van der Waals surface area contributed by atoms with Crippen molar-refractivity contribution in [1.29, 1.82) is 0 Å². The van der Waals surface area contributed by atoms with Crippen LogP contribution in [0.2, 0.25) is 0 Å². The van der Waals surface area contributed by atoms with Gasteiger partial charge in [-0.2, -0.15) is 0 Å². The number of ether oxygens (including phenoxy) is 2. The highest BCUT2D eigenvalue weighted by Crippen LogP contribution is 2.27. The Bertz CT molecular complexity index is 727. The van der Waals surface area contributed by atoms with E-state index in [1.807, 2.05) is 18.4 Å². The predicted octanol–water partition coefficient (Wildman–Crippen LogP) is 2.12. The van der Waals surface area contributed by atoms with E-state index in [-0.39, 0.29) is 18.4 Å². The molecule has 1 aromatic carbocycles. The van der Waals surface area contributed by atoms with Crippen molar-refractivity contribution in [2.24, 2.45) is 0 Å². The summed E-state index contributed by atoms with van der Waals surface area (Å²) < 4.78 is 10.3. The van der Waals surface area contributed by atoms with Gasteiger partial charge in [-0.05, 0) is 42.1 Å². The van der Waals surface area contributed by atoms with Gasteiger partial charge in [-0.3, -0.25) is 9.59 Å². The van der Waals surface area contributed by atoms with E-state index in [1.165, 1.54) is 14.2 Å². The maximum atomic E-state index is 12.1. The van der Waals surface area contributed by atoms with Crippen LogP contribution in [0.25, 0.3) is 0 Å². The first-order chi connectivity index (χ1) is 11.5. The molecule has 0 saturated heterocycles. The van der Waals surface area contributed by atoms with E-state index in [2.05, 4.69) is 10.6 Å². The Morgan fingerprint density at radius 2 is 1.83 bits per heavy atom. The maximum absolute atomic E-state index is 12.1. The Hall–Kier alpha value is -2.54. The van der Waals surface area contributed by atoms with Gasteiger partial charge in [-0.1, -0.05) is 0 Å². The number of hydrogen-bond acceptors (Lipinski definition) is 5. The van der Waals surface area contributed by atoms with Crippen molar-refractivity contribution in [3.8, 4) is 11.5 Å². The van der Waals surface area contributed by atoms with Crippen molar-refractivity contribution in [3.05, 3.63) is 45.6 Å². The second-order valence-corrected chi connectivity index (χ2v) is 6.06. The van der Waals surface area contributed by atoms with Crippen molar-refractivity contribution in [2.75, 3.05) is 20.8 Å². The zero-order valence-electron chi connectivity index (χ0n) is 13.8. The number of carbonyl (C=O) groups is 2. The van der Waals surface area contributed by atoms with Crippen LogP contribution in [0.5, 0.6) is 11.5 Å². The number of benzene rings is 1. The number of methoxy groups -OCH3 is 2. The third kappa shape index (κ3) is 4.48. The lowest BCUT2D eigenvalue weighted by atomic mass is 10.2. The fourth-order valence-electron chi connectivity index (χ4n) is 2.07. The highest BCUT2D eigenvalue weighted by molar-refractivity contribution is 7.10. The molecule has 1 aromatic heterocycles. The lowest BCUT2D eigenvalue weighted by Crippen LogP contribution is -2.36. The van der Waals surface area contributed by atoms with Crippen LogP contribution in [0.1, 0.15) is 20.8 Å². The van der Waals surface area contributed by atoms with Gasteiger partial charge in [0.25, 0.3) is 5.91 Å². The fraction of sp³-hybridized carbons (Fsp3) is 0.294. The van der Waals surface area contributed by atoms with Gasteiger partial charge in [0.2, 0.25) is 5.91 Å². The van der Waals surface area contributed by atoms with E-state index in [1.54, 1.807) is 29.5 Å². The van der Waals surface area contributed by atoms with Crippen LogP contribution in [0.3, 0.4) is 0 Å². The highest BCUT2D eigenvalue weighted by Gasteiger charge is 2.12. The van der Waals surface area contributed by atoms with E-state index in [9.17, 15) is 9.59 Å². The molecule has 0 bridgehead atoms. The highest BCUT2D eigenvalue weighted by atomic mass is 32.1. The third-order valence-corrected chi connectivity index (χ3v) is 4.49. The lowest BCUT2D eigenvalue weighted by Gasteiger charge is -2.10. The summed E-state index contributed by atoms with van der Waals surface area (Å²) in [7, 11) is 3.02. The van der Waals surface area contributed by atoms with E-state index < -0.39 is 0 Å². The molecule has 0 fully saturated rings. The molecule has 0 aliphatic heterocycles. The molecule has 0 radical (unpaired) electrons. The minimum Gasteiger partial charge on any atom is -0.493 e. The zero-order chi connectivity index (χ0) is 17.5. The summed E-state index contributed by atoms with van der Waals surface area (Å²) in [6.07, 6.45) is 0. The number of thiophene rings is 1. The predicted molar refractivity (Wildman–Crippen MR) is 92.8 cm³/mol. The monoisotopic (exact) mass is 348 g/mol. The number of rotatable bonds is 7. The molecule has 2 N–H and O–H groups in total. The van der Waals surface area contributed by atoms with E-state index in [0.717, 1.165) is 10.4 Å². The molecule has 2 aromatic rings. The van der Waals surface area contributed by atoms with E-state index in [0.29, 0.717) is 23.6 Å². The second kappa shape index (κ2) is 8.35. The van der Waals surface area contributed by atoms with Crippen LogP contribution in [0.4, 0.5) is 0 Å². The number of amides is 2. The van der Waals surface area contributed by atoms with Crippen LogP contribution in [0, 0.1) is 6.92 Å². The van der Waals surface area contributed by atoms with Crippen LogP contribution >= 0.6 is 11.3 Å². The lowest BCUT2D eigenvalue weighted by molar-refractivity contribution is -0.120. The zero-order valence-corrected chi connectivity index (χ0v) is 14.7. The molecule has 2 rings (SSSR count). The molecule has 0 aliphatic rings. The average molecular weight is 348 g/mol. The number of carbonyl (C=O) groups excluding carboxylic acids is 2. The van der Waals surface area contributed by atoms with Crippen molar-refractivity contribution in [1.82, 2.24) is 10.6 Å². The third-order valence-electron chi connectivity index (χ3n) is 3.47. The molecule has 0 unspecified atom stereocenters. The fourth-order valence-corrected chi connectivity index (χ4v) is 2.91. The summed E-state index contributed by atoms with van der Waals surface area (Å²) in [4.78, 5) is 25.1. The summed E-state index contributed by atoms with van der Waals surface area (Å²) in [5.74, 6) is 0.413. The molecule has 2 amide bonds. The molecule has 0 spiro atoms. The maximum Gasteiger partial charge on any atom is 0.251 e. The Labute approximate surface area is 144 Å².